The normalized spacial score (nSPS) is 20.5. The molecule has 0 spiro atoms. The third-order valence-electron chi connectivity index (χ3n) is 5.65. The van der Waals surface area contributed by atoms with E-state index in [0.29, 0.717) is 11.3 Å². The van der Waals surface area contributed by atoms with Crippen LogP contribution in [0.5, 0.6) is 5.75 Å². The summed E-state index contributed by atoms with van der Waals surface area (Å²) in [6.07, 6.45) is -4.65. The van der Waals surface area contributed by atoms with Crippen LogP contribution in [0, 0.1) is 5.92 Å². The number of halogens is 5. The van der Waals surface area contributed by atoms with Crippen LogP contribution in [0.4, 0.5) is 22.0 Å². The molecular weight excluding hydrogens is 473 g/mol. The lowest BCUT2D eigenvalue weighted by Crippen LogP contribution is -2.33. The van der Waals surface area contributed by atoms with E-state index in [1.165, 1.54) is 9.58 Å². The highest BCUT2D eigenvalue weighted by Crippen LogP contribution is 2.49. The number of carbonyl (C=O) groups is 1. The van der Waals surface area contributed by atoms with E-state index in [9.17, 15) is 35.2 Å². The summed E-state index contributed by atoms with van der Waals surface area (Å²) >= 11 is 0. The number of nitrogens with zero attached hydrogens (tertiary/aromatic N) is 3. The van der Waals surface area contributed by atoms with Crippen LogP contribution in [0.3, 0.4) is 0 Å². The number of alkyl halides is 5. The summed E-state index contributed by atoms with van der Waals surface area (Å²) in [5.41, 5.74) is 0.778. The smallest absolute Gasteiger partial charge is 0.425 e. The summed E-state index contributed by atoms with van der Waals surface area (Å²) in [7, 11) is -3.75. The number of fused-ring (bicyclic) bond motifs is 1. The van der Waals surface area contributed by atoms with E-state index in [0.717, 1.165) is 31.4 Å². The molecule has 1 amide bonds. The Balaban J connectivity index is 1.56. The number of rotatable bonds is 6. The van der Waals surface area contributed by atoms with Gasteiger partial charge in [0.2, 0.25) is 0 Å². The quantitative estimate of drug-likeness (QED) is 0.576. The molecule has 2 atom stereocenters. The van der Waals surface area contributed by atoms with Crippen LogP contribution in [-0.2, 0) is 29.5 Å². The molecule has 1 saturated carbocycles. The Kier molecular flexibility index (Phi) is 5.45. The van der Waals surface area contributed by atoms with Crippen molar-refractivity contribution >= 4 is 15.7 Å². The van der Waals surface area contributed by atoms with Gasteiger partial charge in [0.25, 0.3) is 11.8 Å². The highest BCUT2D eigenvalue weighted by molar-refractivity contribution is 7.90. The summed E-state index contributed by atoms with van der Waals surface area (Å²) < 4.78 is 95.4. The SMILES string of the molecule is C[C@H](Oc1ccc(S(C)(=O)=O)cc1C(=O)N1Cc2cn(CC3CC3(F)F)nc2C1)C(F)(F)F. The number of sulfone groups is 1. The van der Waals surface area contributed by atoms with Crippen molar-refractivity contribution in [1.82, 2.24) is 14.7 Å². The predicted molar refractivity (Wildman–Crippen MR) is 105 cm³/mol. The molecule has 33 heavy (non-hydrogen) atoms. The molecule has 180 valence electrons. The molecule has 0 saturated heterocycles. The van der Waals surface area contributed by atoms with Crippen LogP contribution >= 0.6 is 0 Å². The van der Waals surface area contributed by atoms with Crippen LogP contribution in [0.2, 0.25) is 0 Å². The van der Waals surface area contributed by atoms with E-state index in [1.807, 2.05) is 0 Å². The van der Waals surface area contributed by atoms with Gasteiger partial charge < -0.3 is 9.64 Å². The van der Waals surface area contributed by atoms with Crippen molar-refractivity contribution in [2.24, 2.45) is 5.92 Å². The average molecular weight is 493 g/mol. The van der Waals surface area contributed by atoms with Crippen molar-refractivity contribution in [3.63, 3.8) is 0 Å². The van der Waals surface area contributed by atoms with Gasteiger partial charge in [0.15, 0.2) is 15.9 Å². The highest BCUT2D eigenvalue weighted by atomic mass is 32.2. The first kappa shape index (κ1) is 23.5. The fourth-order valence-corrected chi connectivity index (χ4v) is 4.23. The minimum absolute atomic E-state index is 0.000404. The maximum Gasteiger partial charge on any atom is 0.425 e. The minimum Gasteiger partial charge on any atom is -0.480 e. The molecule has 1 aliphatic heterocycles. The number of hydrogen-bond donors (Lipinski definition) is 0. The maximum atomic E-state index is 13.1. The molecule has 0 radical (unpaired) electrons. The zero-order valence-corrected chi connectivity index (χ0v) is 18.4. The lowest BCUT2D eigenvalue weighted by atomic mass is 10.1. The summed E-state index contributed by atoms with van der Waals surface area (Å²) in [6, 6.07) is 3.08. The minimum atomic E-state index is -4.69. The van der Waals surface area contributed by atoms with Gasteiger partial charge >= 0.3 is 6.18 Å². The largest absolute Gasteiger partial charge is 0.480 e. The topological polar surface area (TPSA) is 81.5 Å². The van der Waals surface area contributed by atoms with Crippen LogP contribution in [0.1, 0.15) is 35.0 Å². The van der Waals surface area contributed by atoms with Crippen molar-refractivity contribution in [3.8, 4) is 5.75 Å². The fourth-order valence-electron chi connectivity index (χ4n) is 3.58. The second-order valence-electron chi connectivity index (χ2n) is 8.38. The van der Waals surface area contributed by atoms with E-state index in [4.69, 9.17) is 4.74 Å². The summed E-state index contributed by atoms with van der Waals surface area (Å²) in [5, 5.41) is 4.24. The zero-order valence-electron chi connectivity index (χ0n) is 17.6. The van der Waals surface area contributed by atoms with Crippen molar-refractivity contribution in [3.05, 3.63) is 41.2 Å². The second-order valence-corrected chi connectivity index (χ2v) is 10.4. The van der Waals surface area contributed by atoms with E-state index < -0.39 is 45.6 Å². The molecule has 1 fully saturated rings. The molecule has 1 unspecified atom stereocenters. The van der Waals surface area contributed by atoms with Gasteiger partial charge in [0, 0.05) is 43.4 Å². The maximum absolute atomic E-state index is 13.1. The molecule has 1 aromatic heterocycles. The van der Waals surface area contributed by atoms with Crippen LogP contribution in [-0.4, -0.2) is 53.5 Å². The molecule has 13 heteroatoms. The fraction of sp³-hybridized carbons (Fsp3) is 0.500. The lowest BCUT2D eigenvalue weighted by Gasteiger charge is -2.22. The van der Waals surface area contributed by atoms with Crippen LogP contribution in [0.15, 0.2) is 29.3 Å². The van der Waals surface area contributed by atoms with Gasteiger partial charge in [-0.05, 0) is 25.1 Å². The number of hydrogen-bond acceptors (Lipinski definition) is 5. The standard InChI is InChI=1S/C20H20F5N3O4S/c1-11(20(23,24)25)32-17-4-3-14(33(2,30)31)5-15(17)18(29)27-7-12-8-28(26-16(12)10-27)9-13-6-19(13,21)22/h3-5,8,11,13H,6-7,9-10H2,1-2H3/t11-,13?/m0/s1. The van der Waals surface area contributed by atoms with Gasteiger partial charge in [-0.15, -0.1) is 0 Å². The summed E-state index contributed by atoms with van der Waals surface area (Å²) in [4.78, 5) is 14.2. The van der Waals surface area contributed by atoms with E-state index in [2.05, 4.69) is 5.10 Å². The van der Waals surface area contributed by atoms with Crippen molar-refractivity contribution in [1.29, 1.82) is 0 Å². The number of amides is 1. The van der Waals surface area contributed by atoms with E-state index in [1.54, 1.807) is 6.20 Å². The summed E-state index contributed by atoms with van der Waals surface area (Å²) in [6.45, 7) is 0.875. The Morgan fingerprint density at radius 1 is 1.30 bits per heavy atom. The van der Waals surface area contributed by atoms with E-state index in [-0.39, 0.29) is 36.5 Å². The van der Waals surface area contributed by atoms with Crippen molar-refractivity contribution in [2.75, 3.05) is 6.26 Å². The first-order chi connectivity index (χ1) is 15.1. The van der Waals surface area contributed by atoms with Gasteiger partial charge in [-0.1, -0.05) is 0 Å². The number of benzene rings is 1. The Bertz CT molecular complexity index is 1190. The molecule has 0 bridgehead atoms. The second kappa shape index (κ2) is 7.67. The third kappa shape index (κ3) is 4.82. The molecule has 4 rings (SSSR count). The molecule has 2 heterocycles. The average Bonchev–Trinajstić information content (AvgIpc) is 2.99. The van der Waals surface area contributed by atoms with Crippen molar-refractivity contribution in [2.45, 2.75) is 56.1 Å². The first-order valence-electron chi connectivity index (χ1n) is 9.95. The van der Waals surface area contributed by atoms with Gasteiger partial charge in [-0.25, -0.2) is 17.2 Å². The molecule has 2 aromatic rings. The van der Waals surface area contributed by atoms with Gasteiger partial charge in [-0.3, -0.25) is 9.48 Å². The molecule has 2 aliphatic rings. The molecule has 1 aromatic carbocycles. The Hall–Kier alpha value is -2.70. The highest BCUT2D eigenvalue weighted by Gasteiger charge is 2.56. The zero-order chi connectivity index (χ0) is 24.3. The molecular formula is C20H20F5N3O4S. The molecule has 0 N–H and O–H groups in total. The summed E-state index contributed by atoms with van der Waals surface area (Å²) in [5.74, 6) is -4.59. The van der Waals surface area contributed by atoms with Gasteiger partial charge in [0.1, 0.15) is 5.75 Å². The van der Waals surface area contributed by atoms with E-state index >= 15 is 0 Å². The third-order valence-corrected chi connectivity index (χ3v) is 6.76. The van der Waals surface area contributed by atoms with Crippen molar-refractivity contribution < 1.29 is 39.9 Å². The molecule has 1 aliphatic carbocycles. The van der Waals surface area contributed by atoms with Gasteiger partial charge in [-0.2, -0.15) is 18.3 Å². The van der Waals surface area contributed by atoms with Crippen LogP contribution < -0.4 is 4.74 Å². The molecule has 7 nitrogen and oxygen atoms in total. The number of carbonyl (C=O) groups excluding carboxylic acids is 1. The Morgan fingerprint density at radius 3 is 2.52 bits per heavy atom. The first-order valence-corrected chi connectivity index (χ1v) is 11.8. The van der Waals surface area contributed by atoms with Crippen LogP contribution in [0.25, 0.3) is 0 Å². The Labute approximate surface area is 186 Å². The number of aromatic nitrogens is 2. The lowest BCUT2D eigenvalue weighted by molar-refractivity contribution is -0.189. The monoisotopic (exact) mass is 493 g/mol. The predicted octanol–water partition coefficient (Wildman–Crippen LogP) is 3.43. The number of ether oxygens (including phenoxy) is 1. The van der Waals surface area contributed by atoms with Gasteiger partial charge in [0.05, 0.1) is 22.7 Å². The Morgan fingerprint density at radius 2 is 1.97 bits per heavy atom.